The second-order valence-electron chi connectivity index (χ2n) is 7.43. The van der Waals surface area contributed by atoms with E-state index in [-0.39, 0.29) is 11.5 Å². The zero-order valence-corrected chi connectivity index (χ0v) is 17.3. The third-order valence-electron chi connectivity index (χ3n) is 5.37. The minimum Gasteiger partial charge on any atom is -0.321 e. The summed E-state index contributed by atoms with van der Waals surface area (Å²) in [7, 11) is 0. The Balaban J connectivity index is 1.71. The van der Waals surface area contributed by atoms with Crippen LogP contribution in [-0.2, 0) is 11.3 Å². The molecule has 1 aromatic heterocycles. The van der Waals surface area contributed by atoms with Gasteiger partial charge in [-0.1, -0.05) is 44.2 Å². The Morgan fingerprint density at radius 1 is 1.14 bits per heavy atom. The zero-order chi connectivity index (χ0) is 20.8. The van der Waals surface area contributed by atoms with Crippen molar-refractivity contribution < 1.29 is 9.69 Å². The standard InChI is InChI=1S/C23H28N4O2/c1-4-16(3)17-10-6-8-12-19(17)25-22(28)15-27(5-2)14-21-24-20-13-9-7-11-18(20)23(29)26-21/h6-13,16H,4-5,14-15H2,1-3H3,(H,25,28)(H,24,26,29)/p+1/t16-/m1/s1. The number of nitrogens with one attached hydrogen (secondary N) is 3. The van der Waals surface area contributed by atoms with E-state index in [9.17, 15) is 9.59 Å². The maximum absolute atomic E-state index is 12.7. The highest BCUT2D eigenvalue weighted by molar-refractivity contribution is 5.92. The number of amides is 1. The number of H-pyrrole nitrogens is 1. The van der Waals surface area contributed by atoms with Crippen molar-refractivity contribution in [3.63, 3.8) is 0 Å². The molecule has 1 heterocycles. The van der Waals surface area contributed by atoms with E-state index < -0.39 is 0 Å². The summed E-state index contributed by atoms with van der Waals surface area (Å²) < 4.78 is 0. The predicted molar refractivity (Wildman–Crippen MR) is 116 cm³/mol. The van der Waals surface area contributed by atoms with Gasteiger partial charge < -0.3 is 15.2 Å². The van der Waals surface area contributed by atoms with Crippen molar-refractivity contribution in [1.29, 1.82) is 0 Å². The number of carbonyl (C=O) groups is 1. The van der Waals surface area contributed by atoms with Crippen molar-refractivity contribution in [3.05, 3.63) is 70.3 Å². The number of anilines is 1. The van der Waals surface area contributed by atoms with Gasteiger partial charge in [-0.15, -0.1) is 0 Å². The van der Waals surface area contributed by atoms with Gasteiger partial charge in [0.05, 0.1) is 17.4 Å². The number of rotatable bonds is 8. The molecule has 152 valence electrons. The minimum absolute atomic E-state index is 0.0410. The number of hydrogen-bond acceptors (Lipinski definition) is 3. The lowest BCUT2D eigenvalue weighted by molar-refractivity contribution is -0.904. The second-order valence-corrected chi connectivity index (χ2v) is 7.43. The van der Waals surface area contributed by atoms with E-state index in [1.165, 1.54) is 0 Å². The van der Waals surface area contributed by atoms with Crippen LogP contribution in [0.25, 0.3) is 10.9 Å². The number of quaternary nitrogens is 1. The average molecular weight is 394 g/mol. The first-order chi connectivity index (χ1) is 14.0. The van der Waals surface area contributed by atoms with Gasteiger partial charge in [-0.05, 0) is 43.0 Å². The van der Waals surface area contributed by atoms with Crippen LogP contribution in [0.15, 0.2) is 53.3 Å². The van der Waals surface area contributed by atoms with E-state index >= 15 is 0 Å². The van der Waals surface area contributed by atoms with Crippen molar-refractivity contribution in [3.8, 4) is 0 Å². The molecule has 0 radical (unpaired) electrons. The Kier molecular flexibility index (Phi) is 6.77. The number of para-hydroxylation sites is 2. The van der Waals surface area contributed by atoms with E-state index in [4.69, 9.17) is 0 Å². The SMILES string of the molecule is CC[C@@H](C)c1ccccc1NC(=O)C[NH+](CC)Cc1nc2ccccc2c(=O)[nH]1. The van der Waals surface area contributed by atoms with Gasteiger partial charge in [-0.25, -0.2) is 4.98 Å². The van der Waals surface area contributed by atoms with Crippen molar-refractivity contribution in [1.82, 2.24) is 9.97 Å². The predicted octanol–water partition coefficient (Wildman–Crippen LogP) is 2.48. The summed E-state index contributed by atoms with van der Waals surface area (Å²) in [5.74, 6) is 0.937. The molecule has 1 unspecified atom stereocenters. The molecular formula is C23H29N4O2+. The second kappa shape index (κ2) is 9.47. The van der Waals surface area contributed by atoms with Crippen molar-refractivity contribution in [2.24, 2.45) is 0 Å². The van der Waals surface area contributed by atoms with E-state index in [0.717, 1.165) is 29.1 Å². The van der Waals surface area contributed by atoms with Crippen LogP contribution in [0.4, 0.5) is 5.69 Å². The highest BCUT2D eigenvalue weighted by Crippen LogP contribution is 2.26. The molecule has 6 nitrogen and oxygen atoms in total. The maximum atomic E-state index is 12.7. The number of hydrogen-bond donors (Lipinski definition) is 3. The van der Waals surface area contributed by atoms with Crippen molar-refractivity contribution in [2.75, 3.05) is 18.4 Å². The topological polar surface area (TPSA) is 79.3 Å². The van der Waals surface area contributed by atoms with E-state index in [1.54, 1.807) is 6.07 Å². The molecule has 0 aliphatic rings. The molecule has 29 heavy (non-hydrogen) atoms. The Morgan fingerprint density at radius 2 is 1.86 bits per heavy atom. The number of benzene rings is 2. The largest absolute Gasteiger partial charge is 0.321 e. The summed E-state index contributed by atoms with van der Waals surface area (Å²) in [6.45, 7) is 7.87. The molecule has 0 saturated heterocycles. The summed E-state index contributed by atoms with van der Waals surface area (Å²) in [5, 5.41) is 3.64. The van der Waals surface area contributed by atoms with Gasteiger partial charge in [0.15, 0.2) is 12.4 Å². The zero-order valence-electron chi connectivity index (χ0n) is 17.3. The normalized spacial score (nSPS) is 13.2. The lowest BCUT2D eigenvalue weighted by Gasteiger charge is -2.19. The maximum Gasteiger partial charge on any atom is 0.279 e. The molecule has 0 fully saturated rings. The third kappa shape index (κ3) is 5.09. The fourth-order valence-electron chi connectivity index (χ4n) is 3.45. The number of likely N-dealkylation sites (N-methyl/N-ethyl adjacent to an activating group) is 1. The summed E-state index contributed by atoms with van der Waals surface area (Å²) in [4.78, 5) is 33.4. The Hall–Kier alpha value is -2.99. The first-order valence-electron chi connectivity index (χ1n) is 10.2. The summed E-state index contributed by atoms with van der Waals surface area (Å²) in [6, 6.07) is 15.2. The third-order valence-corrected chi connectivity index (χ3v) is 5.37. The van der Waals surface area contributed by atoms with E-state index in [2.05, 4.69) is 35.2 Å². The molecule has 0 aliphatic heterocycles. The number of carbonyl (C=O) groups excluding carboxylic acids is 1. The van der Waals surface area contributed by atoms with Gasteiger partial charge in [0.1, 0.15) is 6.54 Å². The smallest absolute Gasteiger partial charge is 0.279 e. The molecule has 1 amide bonds. The van der Waals surface area contributed by atoms with Gasteiger partial charge in [0, 0.05) is 5.69 Å². The monoisotopic (exact) mass is 393 g/mol. The molecular weight excluding hydrogens is 364 g/mol. The molecule has 0 spiro atoms. The highest BCUT2D eigenvalue weighted by atomic mass is 16.2. The van der Waals surface area contributed by atoms with Crippen LogP contribution in [0.3, 0.4) is 0 Å². The molecule has 0 bridgehead atoms. The number of aromatic amines is 1. The Labute approximate surface area is 171 Å². The quantitative estimate of drug-likeness (QED) is 0.550. The summed E-state index contributed by atoms with van der Waals surface area (Å²) in [6.07, 6.45) is 1.01. The molecule has 0 aliphatic carbocycles. The molecule has 3 aromatic rings. The minimum atomic E-state index is -0.145. The van der Waals surface area contributed by atoms with Gasteiger partial charge in [0.25, 0.3) is 11.5 Å². The fraction of sp³-hybridized carbons (Fsp3) is 0.348. The lowest BCUT2D eigenvalue weighted by Crippen LogP contribution is -3.11. The summed E-state index contributed by atoms with van der Waals surface area (Å²) in [5.41, 5.74) is 2.56. The molecule has 2 atom stereocenters. The first kappa shape index (κ1) is 20.7. The average Bonchev–Trinajstić information content (AvgIpc) is 2.73. The van der Waals surface area contributed by atoms with Crippen molar-refractivity contribution >= 4 is 22.5 Å². The van der Waals surface area contributed by atoms with Gasteiger partial charge in [0.2, 0.25) is 0 Å². The van der Waals surface area contributed by atoms with Crippen LogP contribution in [-0.4, -0.2) is 29.0 Å². The molecule has 2 aromatic carbocycles. The van der Waals surface area contributed by atoms with Crippen LogP contribution in [0, 0.1) is 0 Å². The van der Waals surface area contributed by atoms with E-state index in [1.807, 2.05) is 43.3 Å². The van der Waals surface area contributed by atoms with Crippen LogP contribution >= 0.6 is 0 Å². The van der Waals surface area contributed by atoms with Crippen LogP contribution in [0.1, 0.15) is 44.5 Å². The van der Waals surface area contributed by atoms with Crippen LogP contribution < -0.4 is 15.8 Å². The first-order valence-corrected chi connectivity index (χ1v) is 10.2. The Morgan fingerprint density at radius 3 is 2.62 bits per heavy atom. The Bertz CT molecular complexity index is 1040. The highest BCUT2D eigenvalue weighted by Gasteiger charge is 2.17. The number of nitrogens with zero attached hydrogens (tertiary/aromatic N) is 1. The van der Waals surface area contributed by atoms with Gasteiger partial charge in [-0.3, -0.25) is 9.59 Å². The van der Waals surface area contributed by atoms with E-state index in [0.29, 0.717) is 35.7 Å². The van der Waals surface area contributed by atoms with Crippen LogP contribution in [0.5, 0.6) is 0 Å². The van der Waals surface area contributed by atoms with Crippen LogP contribution in [0.2, 0.25) is 0 Å². The van der Waals surface area contributed by atoms with Gasteiger partial charge in [-0.2, -0.15) is 0 Å². The summed E-state index contributed by atoms with van der Waals surface area (Å²) >= 11 is 0. The molecule has 3 rings (SSSR count). The lowest BCUT2D eigenvalue weighted by atomic mass is 9.97. The molecule has 6 heteroatoms. The molecule has 0 saturated carbocycles. The van der Waals surface area contributed by atoms with Crippen molar-refractivity contribution in [2.45, 2.75) is 39.7 Å². The number of fused-ring (bicyclic) bond motifs is 1. The van der Waals surface area contributed by atoms with Gasteiger partial charge >= 0.3 is 0 Å². The molecule has 3 N–H and O–H groups in total. The fourth-order valence-corrected chi connectivity index (χ4v) is 3.45. The number of aromatic nitrogens is 2.